The van der Waals surface area contributed by atoms with Gasteiger partial charge in [-0.2, -0.15) is 0 Å². The lowest BCUT2D eigenvalue weighted by Crippen LogP contribution is -2.34. The summed E-state index contributed by atoms with van der Waals surface area (Å²) < 4.78 is 0. The molecule has 0 spiro atoms. The number of thiazole rings is 1. The van der Waals surface area contributed by atoms with Crippen LogP contribution in [0.25, 0.3) is 32.6 Å². The quantitative estimate of drug-likeness (QED) is 0.162. The molecule has 2 aromatic carbocycles. The Bertz CT molecular complexity index is 2040. The number of nitrogens with one attached hydrogen (secondary N) is 1. The topological polar surface area (TPSA) is 115 Å². The molecule has 2 aliphatic heterocycles. The minimum Gasteiger partial charge on any atom is -0.481 e. The van der Waals surface area contributed by atoms with Crippen LogP contribution < -0.4 is 5.32 Å². The molecule has 0 bridgehead atoms. The smallest absolute Gasteiger partial charge is 0.303 e. The molecule has 49 heavy (non-hydrogen) atoms. The Morgan fingerprint density at radius 1 is 1.08 bits per heavy atom. The van der Waals surface area contributed by atoms with Crippen molar-refractivity contribution in [1.82, 2.24) is 29.7 Å². The predicted molar refractivity (Wildman–Crippen MR) is 194 cm³/mol. The van der Waals surface area contributed by atoms with Crippen molar-refractivity contribution in [3.8, 4) is 21.7 Å². The normalized spacial score (nSPS) is 16.1. The van der Waals surface area contributed by atoms with Gasteiger partial charge in [-0.15, -0.1) is 11.3 Å². The fraction of sp³-hybridized carbons (Fsp3) is 0.324. The highest BCUT2D eigenvalue weighted by molar-refractivity contribution is 7.15. The molecule has 12 heteroatoms. The number of nitrogens with zero attached hydrogens (tertiary/aromatic N) is 6. The number of carbonyl (C=O) groups is 2. The third kappa shape index (κ3) is 7.02. The lowest BCUT2D eigenvalue weighted by Gasteiger charge is -2.18. The van der Waals surface area contributed by atoms with Crippen molar-refractivity contribution in [3.05, 3.63) is 87.6 Å². The van der Waals surface area contributed by atoms with Gasteiger partial charge in [-0.25, -0.2) is 9.97 Å². The molecule has 5 heterocycles. The molecule has 2 N–H and O–H groups in total. The van der Waals surface area contributed by atoms with Crippen molar-refractivity contribution < 1.29 is 14.7 Å². The number of hydrogen-bond acceptors (Lipinski definition) is 9. The van der Waals surface area contributed by atoms with E-state index in [9.17, 15) is 9.59 Å². The van der Waals surface area contributed by atoms with Gasteiger partial charge in [0.1, 0.15) is 10.5 Å². The van der Waals surface area contributed by atoms with Gasteiger partial charge in [-0.1, -0.05) is 41.9 Å². The molecule has 252 valence electrons. The Hall–Kier alpha value is -4.42. The summed E-state index contributed by atoms with van der Waals surface area (Å²) in [6.07, 6.45) is 4.76. The number of aliphatic carboxylic acids is 1. The second-order valence-corrected chi connectivity index (χ2v) is 14.7. The van der Waals surface area contributed by atoms with E-state index in [0.29, 0.717) is 30.5 Å². The van der Waals surface area contributed by atoms with Crippen LogP contribution in [0.3, 0.4) is 0 Å². The molecule has 10 nitrogen and oxygen atoms in total. The van der Waals surface area contributed by atoms with Crippen LogP contribution in [-0.2, 0) is 29.2 Å². The fourth-order valence-electron chi connectivity index (χ4n) is 6.84. The van der Waals surface area contributed by atoms with Gasteiger partial charge in [0, 0.05) is 53.3 Å². The number of pyridine rings is 2. The summed E-state index contributed by atoms with van der Waals surface area (Å²) in [5.41, 5.74) is 7.59. The standard InChI is InChI=1S/C37H38ClN7O3S/c1-22-26(6-4-7-27(22)37-42-30-19-45(20-31(30)49-37)32(46)21-43(2)3)28-8-5-9-29(34(28)38)41-36-35-25(10-12-39-36)14-24(16-40-35)18-44-13-11-23(17-44)15-33(47)48/h4-10,12,14,16,23H,11,13,15,17-21H2,1-3H3,(H,39,41)(H,47,48). The summed E-state index contributed by atoms with van der Waals surface area (Å²) in [4.78, 5) is 45.3. The van der Waals surface area contributed by atoms with E-state index in [0.717, 1.165) is 86.0 Å². The predicted octanol–water partition coefficient (Wildman–Crippen LogP) is 6.83. The zero-order chi connectivity index (χ0) is 34.2. The summed E-state index contributed by atoms with van der Waals surface area (Å²) in [6.45, 7) is 6.04. The van der Waals surface area contributed by atoms with Gasteiger partial charge in [-0.05, 0) is 74.8 Å². The number of amides is 1. The van der Waals surface area contributed by atoms with Gasteiger partial charge >= 0.3 is 5.97 Å². The fourth-order valence-corrected chi connectivity index (χ4v) is 8.28. The number of benzene rings is 2. The Labute approximate surface area is 294 Å². The van der Waals surface area contributed by atoms with Gasteiger partial charge in [0.2, 0.25) is 5.91 Å². The van der Waals surface area contributed by atoms with Crippen LogP contribution in [0.4, 0.5) is 11.5 Å². The van der Waals surface area contributed by atoms with Crippen LogP contribution in [0.15, 0.2) is 60.9 Å². The first-order chi connectivity index (χ1) is 23.6. The first kappa shape index (κ1) is 33.1. The highest BCUT2D eigenvalue weighted by Gasteiger charge is 2.28. The number of likely N-dealkylation sites (N-methyl/N-ethyl adjacent to an activating group) is 1. The third-order valence-electron chi connectivity index (χ3n) is 9.26. The van der Waals surface area contributed by atoms with Crippen molar-refractivity contribution >= 4 is 57.2 Å². The maximum atomic E-state index is 12.6. The first-order valence-corrected chi connectivity index (χ1v) is 17.6. The zero-order valence-corrected chi connectivity index (χ0v) is 29.3. The molecule has 1 saturated heterocycles. The molecule has 7 rings (SSSR count). The number of likely N-dealkylation sites (tertiary alicyclic amines) is 1. The second kappa shape index (κ2) is 13.8. The Kier molecular flexibility index (Phi) is 9.34. The molecule has 3 aromatic heterocycles. The molecule has 0 aliphatic carbocycles. The van der Waals surface area contributed by atoms with E-state index in [1.807, 2.05) is 60.4 Å². The van der Waals surface area contributed by atoms with Crippen LogP contribution in [0.5, 0.6) is 0 Å². The van der Waals surface area contributed by atoms with E-state index in [4.69, 9.17) is 26.7 Å². The number of aromatic nitrogens is 3. The Morgan fingerprint density at radius 2 is 1.88 bits per heavy atom. The molecule has 5 aromatic rings. The molecule has 1 unspecified atom stereocenters. The Balaban J connectivity index is 1.10. The van der Waals surface area contributed by atoms with E-state index in [1.54, 1.807) is 17.5 Å². The van der Waals surface area contributed by atoms with Crippen molar-refractivity contribution in [1.29, 1.82) is 0 Å². The SMILES string of the molecule is Cc1c(-c2nc3c(s2)CN(C(=O)CN(C)C)C3)cccc1-c1cccc(Nc2nccc3cc(CN4CCC(CC(=O)O)C4)cnc23)c1Cl. The van der Waals surface area contributed by atoms with Gasteiger partial charge in [0.05, 0.1) is 36.0 Å². The zero-order valence-electron chi connectivity index (χ0n) is 27.7. The third-order valence-corrected chi connectivity index (χ3v) is 10.8. The highest BCUT2D eigenvalue weighted by atomic mass is 35.5. The van der Waals surface area contributed by atoms with Crippen molar-refractivity contribution in [2.45, 2.75) is 39.4 Å². The van der Waals surface area contributed by atoms with Crippen LogP contribution in [0, 0.1) is 12.8 Å². The van der Waals surface area contributed by atoms with E-state index >= 15 is 0 Å². The highest BCUT2D eigenvalue weighted by Crippen LogP contribution is 2.41. The van der Waals surface area contributed by atoms with Crippen molar-refractivity contribution in [2.24, 2.45) is 5.92 Å². The van der Waals surface area contributed by atoms with Crippen LogP contribution in [0.1, 0.15) is 34.5 Å². The number of hydrogen-bond donors (Lipinski definition) is 2. The molecule has 0 radical (unpaired) electrons. The minimum absolute atomic E-state index is 0.115. The summed E-state index contributed by atoms with van der Waals surface area (Å²) in [7, 11) is 3.81. The summed E-state index contributed by atoms with van der Waals surface area (Å²) in [5, 5.41) is 15.1. The van der Waals surface area contributed by atoms with Gasteiger partial charge in [-0.3, -0.25) is 19.5 Å². The number of carboxylic acids is 1. The molecule has 1 atom stereocenters. The van der Waals surface area contributed by atoms with Gasteiger partial charge < -0.3 is 20.2 Å². The second-order valence-electron chi connectivity index (χ2n) is 13.2. The summed E-state index contributed by atoms with van der Waals surface area (Å²) >= 11 is 8.77. The summed E-state index contributed by atoms with van der Waals surface area (Å²) in [5.74, 6) is 0.196. The van der Waals surface area contributed by atoms with Crippen LogP contribution in [0.2, 0.25) is 5.02 Å². The molecule has 1 amide bonds. The summed E-state index contributed by atoms with van der Waals surface area (Å²) in [6, 6.07) is 16.2. The molecule has 2 aliphatic rings. The number of anilines is 2. The Morgan fingerprint density at radius 3 is 2.67 bits per heavy atom. The molecule has 0 saturated carbocycles. The van der Waals surface area contributed by atoms with Crippen molar-refractivity contribution in [2.75, 3.05) is 39.0 Å². The van der Waals surface area contributed by atoms with Crippen LogP contribution in [-0.4, -0.2) is 80.4 Å². The van der Waals surface area contributed by atoms with Crippen molar-refractivity contribution in [3.63, 3.8) is 0 Å². The minimum atomic E-state index is -0.733. The lowest BCUT2D eigenvalue weighted by molar-refractivity contribution is -0.138. The lowest BCUT2D eigenvalue weighted by atomic mass is 9.96. The maximum Gasteiger partial charge on any atom is 0.303 e. The number of halogens is 1. The number of rotatable bonds is 10. The number of carboxylic acid groups (broad SMARTS) is 1. The van der Waals surface area contributed by atoms with E-state index in [2.05, 4.69) is 40.3 Å². The number of fused-ring (bicyclic) bond motifs is 2. The van der Waals surface area contributed by atoms with Crippen LogP contribution >= 0.6 is 22.9 Å². The average molecular weight is 696 g/mol. The van der Waals surface area contributed by atoms with Gasteiger partial charge in [0.25, 0.3) is 0 Å². The molecular weight excluding hydrogens is 658 g/mol. The largest absolute Gasteiger partial charge is 0.481 e. The average Bonchev–Trinajstić information content (AvgIpc) is 3.77. The van der Waals surface area contributed by atoms with E-state index < -0.39 is 5.97 Å². The van der Waals surface area contributed by atoms with E-state index in [1.165, 1.54) is 0 Å². The van der Waals surface area contributed by atoms with E-state index in [-0.39, 0.29) is 18.2 Å². The number of carbonyl (C=O) groups excluding carboxylic acids is 1. The molecular formula is C37H38ClN7O3S. The maximum absolute atomic E-state index is 12.6. The monoisotopic (exact) mass is 695 g/mol. The molecule has 1 fully saturated rings. The first-order valence-electron chi connectivity index (χ1n) is 16.4. The van der Waals surface area contributed by atoms with Gasteiger partial charge in [0.15, 0.2) is 5.82 Å².